The molecule has 1 aromatic carbocycles. The van der Waals surface area contributed by atoms with Crippen LogP contribution in [0.4, 0.5) is 5.69 Å². The molecule has 2 heterocycles. The maximum absolute atomic E-state index is 12.7. The molecule has 0 saturated carbocycles. The molecule has 1 N–H and O–H groups in total. The zero-order valence-corrected chi connectivity index (χ0v) is 21.0. The molecule has 0 unspecified atom stereocenters. The number of thioether (sulfide) groups is 1. The molecule has 0 aliphatic heterocycles. The number of rotatable bonds is 10. The van der Waals surface area contributed by atoms with Gasteiger partial charge in [0.15, 0.2) is 11.0 Å². The molecule has 0 bridgehead atoms. The third-order valence-electron chi connectivity index (χ3n) is 4.82. The Bertz CT molecular complexity index is 1150. The topological polar surface area (TPSA) is 112 Å². The Morgan fingerprint density at radius 1 is 1.03 bits per heavy atom. The van der Waals surface area contributed by atoms with E-state index in [9.17, 15) is 14.4 Å². The van der Waals surface area contributed by atoms with Gasteiger partial charge >= 0.3 is 11.9 Å². The summed E-state index contributed by atoms with van der Waals surface area (Å²) in [4.78, 5) is 37.8. The fraction of sp³-hybridized carbons (Fsp3) is 0.348. The molecule has 0 atom stereocenters. The Morgan fingerprint density at radius 3 is 2.26 bits per heavy atom. The number of carbonyl (C=O) groups excluding carboxylic acids is 3. The summed E-state index contributed by atoms with van der Waals surface area (Å²) < 4.78 is 11.5. The first-order valence-electron chi connectivity index (χ1n) is 10.6. The van der Waals surface area contributed by atoms with E-state index in [4.69, 9.17) is 9.47 Å². The Morgan fingerprint density at radius 2 is 1.71 bits per heavy atom. The Kier molecular flexibility index (Phi) is 8.83. The van der Waals surface area contributed by atoms with E-state index in [0.717, 1.165) is 30.8 Å². The molecule has 2 aromatic heterocycles. The zero-order valence-electron chi connectivity index (χ0n) is 19.4. The summed E-state index contributed by atoms with van der Waals surface area (Å²) in [5, 5.41) is 14.1. The van der Waals surface area contributed by atoms with Gasteiger partial charge in [-0.25, -0.2) is 9.59 Å². The number of hydrogen-bond donors (Lipinski definition) is 1. The molecule has 0 aliphatic rings. The van der Waals surface area contributed by atoms with Crippen molar-refractivity contribution in [3.63, 3.8) is 0 Å². The van der Waals surface area contributed by atoms with Crippen LogP contribution < -0.4 is 5.32 Å². The van der Waals surface area contributed by atoms with Crippen molar-refractivity contribution in [2.45, 2.75) is 38.4 Å². The van der Waals surface area contributed by atoms with E-state index in [1.807, 2.05) is 4.57 Å². The molecular weight excluding hydrogens is 476 g/mol. The van der Waals surface area contributed by atoms with Crippen LogP contribution in [0.1, 0.15) is 45.9 Å². The Hall–Kier alpha value is -3.18. The van der Waals surface area contributed by atoms with Crippen molar-refractivity contribution in [3.05, 3.63) is 45.6 Å². The number of nitrogens with zero attached hydrogens (tertiary/aromatic N) is 3. The number of benzene rings is 1. The van der Waals surface area contributed by atoms with E-state index >= 15 is 0 Å². The smallest absolute Gasteiger partial charge is 0.337 e. The van der Waals surface area contributed by atoms with Crippen molar-refractivity contribution in [1.82, 2.24) is 14.8 Å². The van der Waals surface area contributed by atoms with Crippen LogP contribution in [0, 0.1) is 0 Å². The van der Waals surface area contributed by atoms with Gasteiger partial charge in [0.1, 0.15) is 0 Å². The second-order valence-corrected chi connectivity index (χ2v) is 9.17. The SMILES string of the molecule is CCCn1c(SCC(=O)Nc2cc(C(=O)OC)cc(C(=O)OC)c2)nnc1-c1csc(CC)c1. The lowest BCUT2D eigenvalue weighted by Crippen LogP contribution is -2.16. The molecular formula is C23H26N4O5S2. The summed E-state index contributed by atoms with van der Waals surface area (Å²) in [6.07, 6.45) is 1.86. The Labute approximate surface area is 205 Å². The molecule has 180 valence electrons. The fourth-order valence-electron chi connectivity index (χ4n) is 3.22. The van der Waals surface area contributed by atoms with Crippen molar-refractivity contribution in [3.8, 4) is 11.4 Å². The molecule has 0 saturated heterocycles. The minimum atomic E-state index is -0.629. The standard InChI is InChI=1S/C23H26N4O5S2/c1-5-7-27-20(16-11-18(6-2)33-12-16)25-26-23(27)34-13-19(28)24-17-9-14(21(29)31-3)8-15(10-17)22(30)32-4/h8-12H,5-7,13H2,1-4H3,(H,24,28). The van der Waals surface area contributed by atoms with E-state index in [-0.39, 0.29) is 28.5 Å². The van der Waals surface area contributed by atoms with Gasteiger partial charge in [0.2, 0.25) is 5.91 Å². The quantitative estimate of drug-likeness (QED) is 0.323. The summed E-state index contributed by atoms with van der Waals surface area (Å²) in [7, 11) is 2.48. The van der Waals surface area contributed by atoms with Gasteiger partial charge in [0.25, 0.3) is 0 Å². The summed E-state index contributed by atoms with van der Waals surface area (Å²) in [5.41, 5.74) is 1.56. The van der Waals surface area contributed by atoms with Crippen LogP contribution in [0.15, 0.2) is 34.8 Å². The third kappa shape index (κ3) is 6.03. The molecule has 0 spiro atoms. The summed E-state index contributed by atoms with van der Waals surface area (Å²) in [5.74, 6) is -0.721. The van der Waals surface area contributed by atoms with Gasteiger partial charge in [-0.05, 0) is 37.1 Å². The second kappa shape index (κ2) is 11.8. The summed E-state index contributed by atoms with van der Waals surface area (Å²) in [6, 6.07) is 6.36. The van der Waals surface area contributed by atoms with E-state index in [1.165, 1.54) is 49.1 Å². The first-order chi connectivity index (χ1) is 16.4. The van der Waals surface area contributed by atoms with E-state index in [0.29, 0.717) is 5.16 Å². The number of thiophene rings is 1. The highest BCUT2D eigenvalue weighted by Crippen LogP contribution is 2.28. The van der Waals surface area contributed by atoms with Crippen LogP contribution in [0.25, 0.3) is 11.4 Å². The molecule has 3 rings (SSSR count). The Balaban J connectivity index is 1.75. The lowest BCUT2D eigenvalue weighted by Gasteiger charge is -2.10. The number of carbonyl (C=O) groups is 3. The second-order valence-electron chi connectivity index (χ2n) is 7.23. The van der Waals surface area contributed by atoms with Crippen LogP contribution >= 0.6 is 23.1 Å². The average molecular weight is 503 g/mol. The largest absolute Gasteiger partial charge is 0.465 e. The van der Waals surface area contributed by atoms with Crippen molar-refractivity contribution in [2.24, 2.45) is 0 Å². The van der Waals surface area contributed by atoms with Crippen molar-refractivity contribution >= 4 is 46.6 Å². The number of aromatic nitrogens is 3. The van der Waals surface area contributed by atoms with Crippen LogP contribution in [0.5, 0.6) is 0 Å². The van der Waals surface area contributed by atoms with Crippen LogP contribution in [-0.2, 0) is 27.2 Å². The lowest BCUT2D eigenvalue weighted by molar-refractivity contribution is -0.113. The molecule has 34 heavy (non-hydrogen) atoms. The molecule has 0 fully saturated rings. The van der Waals surface area contributed by atoms with Gasteiger partial charge in [0, 0.05) is 28.1 Å². The molecule has 9 nitrogen and oxygen atoms in total. The van der Waals surface area contributed by atoms with Gasteiger partial charge in [-0.2, -0.15) is 0 Å². The molecule has 1 amide bonds. The number of esters is 2. The van der Waals surface area contributed by atoms with Gasteiger partial charge in [-0.15, -0.1) is 21.5 Å². The van der Waals surface area contributed by atoms with Gasteiger partial charge < -0.3 is 19.4 Å². The normalized spacial score (nSPS) is 10.7. The van der Waals surface area contributed by atoms with E-state index < -0.39 is 11.9 Å². The highest BCUT2D eigenvalue weighted by Gasteiger charge is 2.18. The monoisotopic (exact) mass is 502 g/mol. The third-order valence-corrected chi connectivity index (χ3v) is 6.86. The maximum atomic E-state index is 12.7. The maximum Gasteiger partial charge on any atom is 0.337 e. The zero-order chi connectivity index (χ0) is 24.7. The van der Waals surface area contributed by atoms with Gasteiger partial charge in [-0.3, -0.25) is 4.79 Å². The number of methoxy groups -OCH3 is 2. The van der Waals surface area contributed by atoms with Crippen LogP contribution in [-0.4, -0.2) is 52.6 Å². The van der Waals surface area contributed by atoms with Crippen LogP contribution in [0.2, 0.25) is 0 Å². The minimum Gasteiger partial charge on any atom is -0.465 e. The minimum absolute atomic E-state index is 0.0711. The predicted molar refractivity (Wildman–Crippen MR) is 131 cm³/mol. The number of aryl methyl sites for hydroxylation is 1. The predicted octanol–water partition coefficient (Wildman–Crippen LogP) is 4.28. The molecule has 0 radical (unpaired) electrons. The first kappa shape index (κ1) is 25.4. The highest BCUT2D eigenvalue weighted by molar-refractivity contribution is 7.99. The van der Waals surface area contributed by atoms with Gasteiger partial charge in [-0.1, -0.05) is 25.6 Å². The van der Waals surface area contributed by atoms with Crippen LogP contribution in [0.3, 0.4) is 0 Å². The lowest BCUT2D eigenvalue weighted by atomic mass is 10.1. The first-order valence-corrected chi connectivity index (χ1v) is 12.5. The number of ether oxygens (including phenoxy) is 2. The fourth-order valence-corrected chi connectivity index (χ4v) is 4.79. The molecule has 3 aromatic rings. The number of nitrogens with one attached hydrogen (secondary N) is 1. The summed E-state index contributed by atoms with van der Waals surface area (Å²) >= 11 is 2.96. The van der Waals surface area contributed by atoms with E-state index in [2.05, 4.69) is 40.8 Å². The summed E-state index contributed by atoms with van der Waals surface area (Å²) in [6.45, 7) is 4.91. The van der Waals surface area contributed by atoms with E-state index in [1.54, 1.807) is 11.3 Å². The van der Waals surface area contributed by atoms with Gasteiger partial charge in [0.05, 0.1) is 31.1 Å². The number of amides is 1. The highest BCUT2D eigenvalue weighted by atomic mass is 32.2. The number of hydrogen-bond acceptors (Lipinski definition) is 9. The molecule has 0 aliphatic carbocycles. The van der Waals surface area contributed by atoms with Crippen molar-refractivity contribution in [1.29, 1.82) is 0 Å². The van der Waals surface area contributed by atoms with Crippen molar-refractivity contribution < 1.29 is 23.9 Å². The average Bonchev–Trinajstić information content (AvgIpc) is 3.48. The number of anilines is 1. The van der Waals surface area contributed by atoms with Crippen molar-refractivity contribution in [2.75, 3.05) is 25.3 Å². The molecule has 11 heteroatoms.